The second-order valence-electron chi connectivity index (χ2n) is 6.76. The van der Waals surface area contributed by atoms with Crippen LogP contribution in [0, 0.1) is 0 Å². The topological polar surface area (TPSA) is 56.9 Å². The van der Waals surface area contributed by atoms with Crippen LogP contribution in [0.25, 0.3) is 10.9 Å². The number of amides is 2. The van der Waals surface area contributed by atoms with Gasteiger partial charge in [-0.05, 0) is 29.2 Å². The second-order valence-corrected chi connectivity index (χ2v) is 6.76. The summed E-state index contributed by atoms with van der Waals surface area (Å²) in [5, 5.41) is 7.31. The lowest BCUT2D eigenvalue weighted by Gasteiger charge is -2.20. The average molecular weight is 369 g/mol. The van der Waals surface area contributed by atoms with E-state index >= 15 is 0 Å². The molecule has 0 unspecified atom stereocenters. The highest BCUT2D eigenvalue weighted by atomic mass is 16.2. The third-order valence-corrected chi connectivity index (χ3v) is 4.90. The molecule has 4 rings (SSSR count). The molecule has 0 spiro atoms. The number of urea groups is 1. The zero-order valence-electron chi connectivity index (χ0n) is 15.6. The van der Waals surface area contributed by atoms with Crippen LogP contribution in [0.2, 0.25) is 0 Å². The number of carbonyl (C=O) groups excluding carboxylic acids is 1. The highest BCUT2D eigenvalue weighted by Gasteiger charge is 2.16. The van der Waals surface area contributed by atoms with Crippen LogP contribution < -0.4 is 10.6 Å². The number of nitrogens with one attached hydrogen (secondary N) is 3. The molecule has 28 heavy (non-hydrogen) atoms. The highest BCUT2D eigenvalue weighted by molar-refractivity contribution is 5.83. The van der Waals surface area contributed by atoms with Crippen molar-refractivity contribution >= 4 is 16.9 Å². The molecule has 4 aromatic rings. The number of H-pyrrole nitrogens is 1. The number of hydrogen-bond acceptors (Lipinski definition) is 1. The summed E-state index contributed by atoms with van der Waals surface area (Å²) in [6, 6.07) is 27.9. The molecule has 1 aromatic heterocycles. The Hall–Kier alpha value is -3.53. The number of aromatic nitrogens is 1. The van der Waals surface area contributed by atoms with Crippen LogP contribution in [0.15, 0.2) is 91.1 Å². The van der Waals surface area contributed by atoms with Gasteiger partial charge in [-0.25, -0.2) is 4.79 Å². The molecule has 4 heteroatoms. The van der Waals surface area contributed by atoms with Crippen LogP contribution in [-0.4, -0.2) is 17.6 Å². The molecule has 0 bridgehead atoms. The fraction of sp³-hybridized carbons (Fsp3) is 0.125. The lowest BCUT2D eigenvalue weighted by molar-refractivity contribution is 0.239. The minimum atomic E-state index is -0.185. The van der Waals surface area contributed by atoms with Gasteiger partial charge in [0.05, 0.1) is 6.04 Å². The molecule has 0 radical (unpaired) electrons. The number of fused-ring (bicyclic) bond motifs is 1. The molecule has 3 N–H and O–H groups in total. The van der Waals surface area contributed by atoms with Gasteiger partial charge in [0.15, 0.2) is 0 Å². The van der Waals surface area contributed by atoms with Gasteiger partial charge in [0.2, 0.25) is 0 Å². The van der Waals surface area contributed by atoms with Crippen molar-refractivity contribution in [1.29, 1.82) is 0 Å². The van der Waals surface area contributed by atoms with Gasteiger partial charge in [0.25, 0.3) is 0 Å². The molecule has 0 atom stereocenters. The molecule has 3 aromatic carbocycles. The van der Waals surface area contributed by atoms with Crippen molar-refractivity contribution in [1.82, 2.24) is 15.6 Å². The molecule has 0 saturated heterocycles. The largest absolute Gasteiger partial charge is 0.361 e. The Bertz CT molecular complexity index is 1000. The Morgan fingerprint density at radius 3 is 2.11 bits per heavy atom. The number of aromatic amines is 1. The fourth-order valence-corrected chi connectivity index (χ4v) is 3.48. The van der Waals surface area contributed by atoms with Gasteiger partial charge in [-0.3, -0.25) is 0 Å². The number of carbonyl (C=O) groups is 1. The number of para-hydroxylation sites is 1. The van der Waals surface area contributed by atoms with E-state index in [1.807, 2.05) is 79.0 Å². The van der Waals surface area contributed by atoms with E-state index in [2.05, 4.69) is 27.8 Å². The lowest BCUT2D eigenvalue weighted by atomic mass is 9.99. The molecule has 4 nitrogen and oxygen atoms in total. The van der Waals surface area contributed by atoms with Crippen molar-refractivity contribution in [2.45, 2.75) is 12.5 Å². The van der Waals surface area contributed by atoms with Crippen LogP contribution in [0.4, 0.5) is 4.79 Å². The molecule has 1 heterocycles. The summed E-state index contributed by atoms with van der Waals surface area (Å²) in [7, 11) is 0. The van der Waals surface area contributed by atoms with Crippen molar-refractivity contribution in [3.63, 3.8) is 0 Å². The van der Waals surface area contributed by atoms with E-state index in [9.17, 15) is 4.79 Å². The summed E-state index contributed by atoms with van der Waals surface area (Å²) in [6.45, 7) is 0.573. The molecule has 0 aliphatic carbocycles. The molecule has 0 fully saturated rings. The van der Waals surface area contributed by atoms with Crippen LogP contribution in [-0.2, 0) is 6.42 Å². The zero-order valence-corrected chi connectivity index (χ0v) is 15.6. The van der Waals surface area contributed by atoms with Crippen LogP contribution in [0.5, 0.6) is 0 Å². The first-order valence-electron chi connectivity index (χ1n) is 9.50. The Morgan fingerprint density at radius 1 is 0.821 bits per heavy atom. The van der Waals surface area contributed by atoms with E-state index in [1.54, 1.807) is 0 Å². The van der Waals surface area contributed by atoms with E-state index in [1.165, 1.54) is 10.9 Å². The average Bonchev–Trinajstić information content (AvgIpc) is 3.16. The minimum Gasteiger partial charge on any atom is -0.361 e. The summed E-state index contributed by atoms with van der Waals surface area (Å²) in [6.07, 6.45) is 2.79. The van der Waals surface area contributed by atoms with Gasteiger partial charge in [0.1, 0.15) is 0 Å². The normalized spacial score (nSPS) is 10.9. The first kappa shape index (κ1) is 17.9. The molecule has 0 saturated carbocycles. The highest BCUT2D eigenvalue weighted by Crippen LogP contribution is 2.21. The maximum absolute atomic E-state index is 12.6. The summed E-state index contributed by atoms with van der Waals surface area (Å²) in [5.41, 5.74) is 4.44. The van der Waals surface area contributed by atoms with Gasteiger partial charge in [-0.15, -0.1) is 0 Å². The lowest BCUT2D eigenvalue weighted by Crippen LogP contribution is -2.39. The third-order valence-electron chi connectivity index (χ3n) is 4.90. The number of hydrogen-bond donors (Lipinski definition) is 3. The van der Waals surface area contributed by atoms with Gasteiger partial charge >= 0.3 is 6.03 Å². The fourth-order valence-electron chi connectivity index (χ4n) is 3.48. The van der Waals surface area contributed by atoms with Crippen molar-refractivity contribution in [2.75, 3.05) is 6.54 Å². The molecule has 0 aliphatic heterocycles. The predicted octanol–water partition coefficient (Wildman–Crippen LogP) is 4.80. The second kappa shape index (κ2) is 8.44. The quantitative estimate of drug-likeness (QED) is 0.449. The molecule has 140 valence electrons. The van der Waals surface area contributed by atoms with Gasteiger partial charge in [-0.2, -0.15) is 0 Å². The Kier molecular flexibility index (Phi) is 5.38. The summed E-state index contributed by atoms with van der Waals surface area (Å²) in [4.78, 5) is 15.8. The van der Waals surface area contributed by atoms with Crippen molar-refractivity contribution in [2.24, 2.45) is 0 Å². The minimum absolute atomic E-state index is 0.169. The molecule has 0 aliphatic rings. The first-order valence-corrected chi connectivity index (χ1v) is 9.50. The number of benzene rings is 3. The predicted molar refractivity (Wildman–Crippen MR) is 113 cm³/mol. The zero-order chi connectivity index (χ0) is 19.2. The van der Waals surface area contributed by atoms with E-state index in [-0.39, 0.29) is 12.1 Å². The van der Waals surface area contributed by atoms with Gasteiger partial charge < -0.3 is 15.6 Å². The van der Waals surface area contributed by atoms with Crippen LogP contribution >= 0.6 is 0 Å². The third kappa shape index (κ3) is 4.07. The van der Waals surface area contributed by atoms with Gasteiger partial charge in [0, 0.05) is 23.6 Å². The monoisotopic (exact) mass is 369 g/mol. The van der Waals surface area contributed by atoms with E-state index in [0.717, 1.165) is 23.1 Å². The Morgan fingerprint density at radius 2 is 1.43 bits per heavy atom. The summed E-state index contributed by atoms with van der Waals surface area (Å²) in [5.74, 6) is 0. The number of rotatable bonds is 6. The Balaban J connectivity index is 1.40. The summed E-state index contributed by atoms with van der Waals surface area (Å²) >= 11 is 0. The Labute approximate surface area is 164 Å². The van der Waals surface area contributed by atoms with Crippen molar-refractivity contribution < 1.29 is 4.79 Å². The maximum atomic E-state index is 12.6. The van der Waals surface area contributed by atoms with E-state index in [0.29, 0.717) is 6.54 Å². The van der Waals surface area contributed by atoms with Crippen LogP contribution in [0.1, 0.15) is 22.7 Å². The standard InChI is InChI=1S/C24H23N3O/c28-24(25-16-15-20-17-26-22-14-8-7-13-21(20)22)27-23(18-9-3-1-4-10-18)19-11-5-2-6-12-19/h1-14,17,23,26H,15-16H2,(H2,25,27,28). The molecular weight excluding hydrogens is 346 g/mol. The van der Waals surface area contributed by atoms with E-state index in [4.69, 9.17) is 0 Å². The maximum Gasteiger partial charge on any atom is 0.315 e. The van der Waals surface area contributed by atoms with Gasteiger partial charge in [-0.1, -0.05) is 78.9 Å². The van der Waals surface area contributed by atoms with Crippen molar-refractivity contribution in [3.05, 3.63) is 108 Å². The smallest absolute Gasteiger partial charge is 0.315 e. The SMILES string of the molecule is O=C(NCCc1c[nH]c2ccccc12)NC(c1ccccc1)c1ccccc1. The van der Waals surface area contributed by atoms with Crippen molar-refractivity contribution in [3.8, 4) is 0 Å². The summed E-state index contributed by atoms with van der Waals surface area (Å²) < 4.78 is 0. The first-order chi connectivity index (χ1) is 13.8. The molecule has 2 amide bonds. The molecular formula is C24H23N3O. The van der Waals surface area contributed by atoms with Crippen LogP contribution in [0.3, 0.4) is 0 Å². The van der Waals surface area contributed by atoms with E-state index < -0.39 is 0 Å².